The Bertz CT molecular complexity index is 267. The van der Waals surface area contributed by atoms with Crippen LogP contribution in [0, 0.1) is 17.3 Å². The maximum atomic E-state index is 12.0. The van der Waals surface area contributed by atoms with E-state index in [-0.39, 0.29) is 17.3 Å². The van der Waals surface area contributed by atoms with Crippen molar-refractivity contribution in [3.05, 3.63) is 0 Å². The first-order valence-corrected chi connectivity index (χ1v) is 6.58. The highest BCUT2D eigenvalue weighted by molar-refractivity contribution is 5.74. The number of rotatable bonds is 2. The van der Waals surface area contributed by atoms with E-state index in [1.165, 1.54) is 25.7 Å². The normalized spacial score (nSPS) is 38.9. The molecule has 1 aliphatic heterocycles. The van der Waals surface area contributed by atoms with Gasteiger partial charge in [0.15, 0.2) is 0 Å². The maximum absolute atomic E-state index is 12.0. The summed E-state index contributed by atoms with van der Waals surface area (Å²) in [6.07, 6.45) is 5.03. The van der Waals surface area contributed by atoms with E-state index in [9.17, 15) is 4.79 Å². The molecule has 3 atom stereocenters. The molecule has 0 amide bonds. The molecule has 2 rings (SSSR count). The van der Waals surface area contributed by atoms with Crippen LogP contribution < -0.4 is 5.32 Å². The number of hydrogen-bond acceptors (Lipinski definition) is 3. The van der Waals surface area contributed by atoms with Gasteiger partial charge in [-0.25, -0.2) is 0 Å². The van der Waals surface area contributed by atoms with E-state index in [4.69, 9.17) is 4.74 Å². The fourth-order valence-corrected chi connectivity index (χ4v) is 3.56. The van der Waals surface area contributed by atoms with Gasteiger partial charge in [0, 0.05) is 13.1 Å². The third-order valence-corrected chi connectivity index (χ3v) is 4.58. The zero-order chi connectivity index (χ0) is 11.6. The summed E-state index contributed by atoms with van der Waals surface area (Å²) in [4.78, 5) is 12.0. The number of hydrogen-bond donors (Lipinski definition) is 1. The molecular formula is C13H23NO2. The van der Waals surface area contributed by atoms with Crippen LogP contribution in [-0.4, -0.2) is 25.7 Å². The SMILES string of the molecule is CCOC(=O)C1CNCC12CCCCC2C. The summed E-state index contributed by atoms with van der Waals surface area (Å²) in [5.74, 6) is 0.745. The molecule has 1 heterocycles. The Morgan fingerprint density at radius 2 is 2.31 bits per heavy atom. The van der Waals surface area contributed by atoms with Gasteiger partial charge in [-0.1, -0.05) is 26.2 Å². The molecule has 0 radical (unpaired) electrons. The molecular weight excluding hydrogens is 202 g/mol. The van der Waals surface area contributed by atoms with E-state index < -0.39 is 0 Å². The molecule has 3 unspecified atom stereocenters. The van der Waals surface area contributed by atoms with Crippen LogP contribution in [0.2, 0.25) is 0 Å². The predicted octanol–water partition coefficient (Wildman–Crippen LogP) is 1.97. The van der Waals surface area contributed by atoms with Crippen LogP contribution >= 0.6 is 0 Å². The first-order valence-electron chi connectivity index (χ1n) is 6.58. The lowest BCUT2D eigenvalue weighted by Gasteiger charge is -2.42. The summed E-state index contributed by atoms with van der Waals surface area (Å²) >= 11 is 0. The minimum Gasteiger partial charge on any atom is -0.466 e. The molecule has 1 saturated carbocycles. The third kappa shape index (κ3) is 1.86. The summed E-state index contributed by atoms with van der Waals surface area (Å²) in [7, 11) is 0. The van der Waals surface area contributed by atoms with Crippen LogP contribution in [0.5, 0.6) is 0 Å². The van der Waals surface area contributed by atoms with E-state index in [1.807, 2.05) is 6.92 Å². The maximum Gasteiger partial charge on any atom is 0.310 e. The first kappa shape index (κ1) is 11.9. The van der Waals surface area contributed by atoms with Gasteiger partial charge >= 0.3 is 5.97 Å². The monoisotopic (exact) mass is 225 g/mol. The molecule has 0 aromatic heterocycles. The van der Waals surface area contributed by atoms with E-state index >= 15 is 0 Å². The average molecular weight is 225 g/mol. The van der Waals surface area contributed by atoms with Crippen molar-refractivity contribution in [3.63, 3.8) is 0 Å². The van der Waals surface area contributed by atoms with E-state index in [1.54, 1.807) is 0 Å². The molecule has 2 aliphatic rings. The van der Waals surface area contributed by atoms with Crippen LogP contribution in [-0.2, 0) is 9.53 Å². The molecule has 1 N–H and O–H groups in total. The molecule has 2 fully saturated rings. The van der Waals surface area contributed by atoms with Crippen molar-refractivity contribution in [2.75, 3.05) is 19.7 Å². The molecule has 3 nitrogen and oxygen atoms in total. The van der Waals surface area contributed by atoms with Crippen molar-refractivity contribution in [1.29, 1.82) is 0 Å². The van der Waals surface area contributed by atoms with Gasteiger partial charge in [-0.3, -0.25) is 4.79 Å². The van der Waals surface area contributed by atoms with Gasteiger partial charge in [0.05, 0.1) is 12.5 Å². The molecule has 1 aliphatic carbocycles. The number of ether oxygens (including phenoxy) is 1. The highest BCUT2D eigenvalue weighted by atomic mass is 16.5. The van der Waals surface area contributed by atoms with Crippen LogP contribution in [0.3, 0.4) is 0 Å². The molecule has 0 aromatic carbocycles. The Balaban J connectivity index is 2.14. The molecule has 1 saturated heterocycles. The van der Waals surface area contributed by atoms with Crippen molar-refractivity contribution >= 4 is 5.97 Å². The van der Waals surface area contributed by atoms with Gasteiger partial charge in [0.2, 0.25) is 0 Å². The molecule has 16 heavy (non-hydrogen) atoms. The fraction of sp³-hybridized carbons (Fsp3) is 0.923. The molecule has 1 spiro atoms. The Labute approximate surface area is 97.9 Å². The Hall–Kier alpha value is -0.570. The Morgan fingerprint density at radius 3 is 3.00 bits per heavy atom. The van der Waals surface area contributed by atoms with Gasteiger partial charge < -0.3 is 10.1 Å². The second-order valence-corrected chi connectivity index (χ2v) is 5.32. The van der Waals surface area contributed by atoms with E-state index in [0.29, 0.717) is 12.5 Å². The number of carbonyl (C=O) groups excluding carboxylic acids is 1. The molecule has 92 valence electrons. The van der Waals surface area contributed by atoms with Crippen molar-refractivity contribution in [1.82, 2.24) is 5.32 Å². The van der Waals surface area contributed by atoms with Crippen LogP contribution in [0.15, 0.2) is 0 Å². The first-order chi connectivity index (χ1) is 7.70. The van der Waals surface area contributed by atoms with Crippen molar-refractivity contribution in [2.45, 2.75) is 39.5 Å². The van der Waals surface area contributed by atoms with Gasteiger partial charge in [-0.2, -0.15) is 0 Å². The molecule has 0 bridgehead atoms. The van der Waals surface area contributed by atoms with Gasteiger partial charge in [0.25, 0.3) is 0 Å². The van der Waals surface area contributed by atoms with Gasteiger partial charge in [0.1, 0.15) is 0 Å². The zero-order valence-corrected chi connectivity index (χ0v) is 10.4. The molecule has 0 aromatic rings. The highest BCUT2D eigenvalue weighted by Crippen LogP contribution is 2.48. The summed E-state index contributed by atoms with van der Waals surface area (Å²) in [6.45, 7) is 6.50. The largest absolute Gasteiger partial charge is 0.466 e. The van der Waals surface area contributed by atoms with E-state index in [0.717, 1.165) is 13.1 Å². The zero-order valence-electron chi connectivity index (χ0n) is 10.4. The minimum absolute atomic E-state index is 0.0150. The van der Waals surface area contributed by atoms with Crippen LogP contribution in [0.4, 0.5) is 0 Å². The fourth-order valence-electron chi connectivity index (χ4n) is 3.56. The second kappa shape index (κ2) is 4.74. The van der Waals surface area contributed by atoms with Gasteiger partial charge in [-0.05, 0) is 24.7 Å². The lowest BCUT2D eigenvalue weighted by Crippen LogP contribution is -2.43. The van der Waals surface area contributed by atoms with Crippen molar-refractivity contribution in [3.8, 4) is 0 Å². The van der Waals surface area contributed by atoms with Gasteiger partial charge in [-0.15, -0.1) is 0 Å². The summed E-state index contributed by atoms with van der Waals surface area (Å²) in [6, 6.07) is 0. The molecule has 3 heteroatoms. The number of nitrogens with one attached hydrogen (secondary N) is 1. The summed E-state index contributed by atoms with van der Waals surface area (Å²) in [5, 5.41) is 3.40. The minimum atomic E-state index is 0.0150. The lowest BCUT2D eigenvalue weighted by molar-refractivity contribution is -0.153. The summed E-state index contributed by atoms with van der Waals surface area (Å²) in [5.41, 5.74) is 0.185. The van der Waals surface area contributed by atoms with E-state index in [2.05, 4.69) is 12.2 Å². The lowest BCUT2D eigenvalue weighted by atomic mass is 9.62. The van der Waals surface area contributed by atoms with Crippen LogP contribution in [0.1, 0.15) is 39.5 Å². The average Bonchev–Trinajstić information content (AvgIpc) is 2.68. The standard InChI is InChI=1S/C13H23NO2/c1-3-16-12(15)11-8-14-9-13(11)7-5-4-6-10(13)2/h10-11,14H,3-9H2,1-2H3. The number of esters is 1. The highest BCUT2D eigenvalue weighted by Gasteiger charge is 2.51. The summed E-state index contributed by atoms with van der Waals surface area (Å²) < 4.78 is 5.22. The number of carbonyl (C=O) groups is 1. The Kier molecular flexibility index (Phi) is 3.53. The topological polar surface area (TPSA) is 38.3 Å². The second-order valence-electron chi connectivity index (χ2n) is 5.32. The quantitative estimate of drug-likeness (QED) is 0.730. The third-order valence-electron chi connectivity index (χ3n) is 4.58. The predicted molar refractivity (Wildman–Crippen MR) is 63.1 cm³/mol. The van der Waals surface area contributed by atoms with Crippen molar-refractivity contribution in [2.24, 2.45) is 17.3 Å². The van der Waals surface area contributed by atoms with Crippen molar-refractivity contribution < 1.29 is 9.53 Å². The Morgan fingerprint density at radius 1 is 1.50 bits per heavy atom. The van der Waals surface area contributed by atoms with Crippen LogP contribution in [0.25, 0.3) is 0 Å². The smallest absolute Gasteiger partial charge is 0.310 e.